The summed E-state index contributed by atoms with van der Waals surface area (Å²) in [5.41, 5.74) is 8.52. The van der Waals surface area contributed by atoms with E-state index in [1.165, 1.54) is 43.2 Å². The lowest BCUT2D eigenvalue weighted by Gasteiger charge is -2.41. The van der Waals surface area contributed by atoms with Crippen LogP contribution in [-0.2, 0) is 15.9 Å². The number of ether oxygens (including phenoxy) is 3. The van der Waals surface area contributed by atoms with Crippen LogP contribution in [0.15, 0.2) is 18.2 Å². The van der Waals surface area contributed by atoms with Crippen LogP contribution in [0.5, 0.6) is 5.75 Å². The Hall–Kier alpha value is -1.10. The summed E-state index contributed by atoms with van der Waals surface area (Å²) in [6.45, 7) is 10.1. The predicted molar refractivity (Wildman–Crippen MR) is 111 cm³/mol. The average molecular weight is 378 g/mol. The summed E-state index contributed by atoms with van der Waals surface area (Å²) in [6.07, 6.45) is 9.48. The van der Waals surface area contributed by atoms with Gasteiger partial charge in [-0.25, -0.2) is 0 Å². The quantitative estimate of drug-likeness (QED) is 0.542. The van der Waals surface area contributed by atoms with Crippen LogP contribution in [0.25, 0.3) is 0 Å². The summed E-state index contributed by atoms with van der Waals surface area (Å²) in [7, 11) is 0. The van der Waals surface area contributed by atoms with Gasteiger partial charge in [0.2, 0.25) is 0 Å². The predicted octanol–water partition coefficient (Wildman–Crippen LogP) is 5.15. The van der Waals surface area contributed by atoms with Gasteiger partial charge in [0.15, 0.2) is 5.79 Å². The first-order valence-electron chi connectivity index (χ1n) is 10.6. The standard InChI is InChI=1S/C23H39NO3/c1-5-6-7-8-9-10-15-25-21-12-11-20(16-19(21)2)13-14-23(24)17-26-22(3,4)27-18-23/h11-12,16H,5-10,13-15,17-18,24H2,1-4H3. The van der Waals surface area contributed by atoms with E-state index >= 15 is 0 Å². The van der Waals surface area contributed by atoms with Crippen molar-refractivity contribution in [2.24, 2.45) is 5.73 Å². The number of unbranched alkanes of at least 4 members (excludes halogenated alkanes) is 5. The van der Waals surface area contributed by atoms with Gasteiger partial charge >= 0.3 is 0 Å². The average Bonchev–Trinajstić information content (AvgIpc) is 2.64. The molecule has 0 saturated carbocycles. The molecular formula is C23H39NO3. The minimum absolute atomic E-state index is 0.406. The van der Waals surface area contributed by atoms with E-state index in [1.807, 2.05) is 13.8 Å². The summed E-state index contributed by atoms with van der Waals surface area (Å²) in [5.74, 6) is 0.481. The minimum atomic E-state index is -0.519. The minimum Gasteiger partial charge on any atom is -0.493 e. The molecule has 1 aliphatic rings. The van der Waals surface area contributed by atoms with E-state index in [-0.39, 0.29) is 0 Å². The van der Waals surface area contributed by atoms with E-state index < -0.39 is 11.3 Å². The second-order valence-electron chi connectivity index (χ2n) is 8.56. The van der Waals surface area contributed by atoms with E-state index in [0.717, 1.165) is 31.6 Å². The van der Waals surface area contributed by atoms with Crippen LogP contribution in [0.3, 0.4) is 0 Å². The van der Waals surface area contributed by atoms with Crippen molar-refractivity contribution in [3.63, 3.8) is 0 Å². The van der Waals surface area contributed by atoms with E-state index in [2.05, 4.69) is 32.0 Å². The van der Waals surface area contributed by atoms with Crippen molar-refractivity contribution in [3.8, 4) is 5.75 Å². The Morgan fingerprint density at radius 1 is 1.04 bits per heavy atom. The van der Waals surface area contributed by atoms with Gasteiger partial charge in [-0.3, -0.25) is 0 Å². The Morgan fingerprint density at radius 3 is 2.37 bits per heavy atom. The zero-order valence-corrected chi connectivity index (χ0v) is 17.8. The molecule has 0 spiro atoms. The molecule has 0 bridgehead atoms. The molecule has 1 saturated heterocycles. The third-order valence-corrected chi connectivity index (χ3v) is 5.32. The van der Waals surface area contributed by atoms with Crippen molar-refractivity contribution in [1.29, 1.82) is 0 Å². The van der Waals surface area contributed by atoms with Crippen molar-refractivity contribution in [2.75, 3.05) is 19.8 Å². The third kappa shape index (κ3) is 7.81. The molecule has 27 heavy (non-hydrogen) atoms. The smallest absolute Gasteiger partial charge is 0.162 e. The van der Waals surface area contributed by atoms with Gasteiger partial charge in [-0.1, -0.05) is 51.2 Å². The molecule has 2 N–H and O–H groups in total. The van der Waals surface area contributed by atoms with Crippen LogP contribution in [-0.4, -0.2) is 31.1 Å². The monoisotopic (exact) mass is 377 g/mol. The SMILES string of the molecule is CCCCCCCCOc1ccc(CCC2(N)COC(C)(C)OC2)cc1C. The largest absolute Gasteiger partial charge is 0.493 e. The molecule has 0 atom stereocenters. The van der Waals surface area contributed by atoms with Crippen molar-refractivity contribution in [3.05, 3.63) is 29.3 Å². The van der Waals surface area contributed by atoms with Gasteiger partial charge in [0.1, 0.15) is 5.75 Å². The highest BCUT2D eigenvalue weighted by Crippen LogP contribution is 2.26. The molecule has 4 heteroatoms. The lowest BCUT2D eigenvalue weighted by Crippen LogP contribution is -2.57. The summed E-state index contributed by atoms with van der Waals surface area (Å²) < 4.78 is 17.4. The van der Waals surface area contributed by atoms with Gasteiger partial charge in [0.05, 0.1) is 25.4 Å². The number of benzene rings is 1. The van der Waals surface area contributed by atoms with E-state index in [1.54, 1.807) is 0 Å². The molecule has 0 amide bonds. The van der Waals surface area contributed by atoms with E-state index in [9.17, 15) is 0 Å². The Labute approximate surface area is 165 Å². The Kier molecular flexibility index (Phi) is 8.59. The number of aryl methyl sites for hydroxylation is 2. The van der Waals surface area contributed by atoms with Gasteiger partial charge in [-0.2, -0.15) is 0 Å². The fourth-order valence-electron chi connectivity index (χ4n) is 3.35. The van der Waals surface area contributed by atoms with Crippen LogP contribution >= 0.6 is 0 Å². The molecule has 0 unspecified atom stereocenters. The van der Waals surface area contributed by atoms with E-state index in [4.69, 9.17) is 19.9 Å². The molecule has 4 nitrogen and oxygen atoms in total. The molecule has 1 heterocycles. The second-order valence-corrected chi connectivity index (χ2v) is 8.56. The second kappa shape index (κ2) is 10.4. The molecular weight excluding hydrogens is 338 g/mol. The first kappa shape index (κ1) is 22.2. The molecule has 1 aromatic carbocycles. The molecule has 154 valence electrons. The Morgan fingerprint density at radius 2 is 1.70 bits per heavy atom. The molecule has 0 radical (unpaired) electrons. The normalized spacial score (nSPS) is 18.4. The van der Waals surface area contributed by atoms with Crippen molar-refractivity contribution >= 4 is 0 Å². The van der Waals surface area contributed by atoms with Crippen molar-refractivity contribution in [1.82, 2.24) is 0 Å². The highest BCUT2D eigenvalue weighted by Gasteiger charge is 2.36. The third-order valence-electron chi connectivity index (χ3n) is 5.32. The zero-order chi connectivity index (χ0) is 19.8. The maximum Gasteiger partial charge on any atom is 0.162 e. The maximum absolute atomic E-state index is 6.45. The summed E-state index contributed by atoms with van der Waals surface area (Å²) in [4.78, 5) is 0. The first-order valence-corrected chi connectivity index (χ1v) is 10.6. The summed E-state index contributed by atoms with van der Waals surface area (Å²) in [6, 6.07) is 6.47. The van der Waals surface area contributed by atoms with Gasteiger partial charge in [-0.05, 0) is 57.2 Å². The number of hydrogen-bond acceptors (Lipinski definition) is 4. The van der Waals surface area contributed by atoms with Crippen LogP contribution in [0.4, 0.5) is 0 Å². The van der Waals surface area contributed by atoms with Crippen LogP contribution in [0, 0.1) is 6.92 Å². The number of hydrogen-bond donors (Lipinski definition) is 1. The Balaban J connectivity index is 1.72. The highest BCUT2D eigenvalue weighted by molar-refractivity contribution is 5.36. The first-order chi connectivity index (χ1) is 12.8. The van der Waals surface area contributed by atoms with Crippen LogP contribution in [0.1, 0.15) is 76.8 Å². The van der Waals surface area contributed by atoms with Crippen LogP contribution in [0.2, 0.25) is 0 Å². The van der Waals surface area contributed by atoms with Crippen molar-refractivity contribution in [2.45, 2.75) is 90.4 Å². The lowest BCUT2D eigenvalue weighted by atomic mass is 9.92. The Bertz CT molecular complexity index is 561. The molecule has 0 aliphatic carbocycles. The van der Waals surface area contributed by atoms with Gasteiger partial charge < -0.3 is 19.9 Å². The van der Waals surface area contributed by atoms with Gasteiger partial charge in [0, 0.05) is 0 Å². The number of rotatable bonds is 11. The van der Waals surface area contributed by atoms with Crippen molar-refractivity contribution < 1.29 is 14.2 Å². The van der Waals surface area contributed by atoms with Gasteiger partial charge in [0.25, 0.3) is 0 Å². The lowest BCUT2D eigenvalue weighted by molar-refractivity contribution is -0.267. The molecule has 1 fully saturated rings. The maximum atomic E-state index is 6.45. The molecule has 2 rings (SSSR count). The fraction of sp³-hybridized carbons (Fsp3) is 0.739. The van der Waals surface area contributed by atoms with Crippen LogP contribution < -0.4 is 10.5 Å². The molecule has 1 aromatic rings. The van der Waals surface area contributed by atoms with E-state index in [0.29, 0.717) is 13.2 Å². The topological polar surface area (TPSA) is 53.7 Å². The van der Waals surface area contributed by atoms with Gasteiger partial charge in [-0.15, -0.1) is 0 Å². The zero-order valence-electron chi connectivity index (χ0n) is 17.8. The summed E-state index contributed by atoms with van der Waals surface area (Å²) >= 11 is 0. The molecule has 0 aromatic heterocycles. The fourth-order valence-corrected chi connectivity index (χ4v) is 3.35. The number of nitrogens with two attached hydrogens (primary N) is 1. The highest BCUT2D eigenvalue weighted by atomic mass is 16.7. The molecule has 1 aliphatic heterocycles. The summed E-state index contributed by atoms with van der Waals surface area (Å²) in [5, 5.41) is 0.